The van der Waals surface area contributed by atoms with E-state index in [9.17, 15) is 49.3 Å². The molecule has 0 spiro atoms. The van der Waals surface area contributed by atoms with Gasteiger partial charge < -0.3 is 40.5 Å². The Morgan fingerprint density at radius 2 is 1.19 bits per heavy atom. The average Bonchev–Trinajstić information content (AvgIpc) is 3.30. The van der Waals surface area contributed by atoms with Gasteiger partial charge >= 0.3 is 25.0 Å². The van der Waals surface area contributed by atoms with Gasteiger partial charge in [0.1, 0.15) is 0 Å². The van der Waals surface area contributed by atoms with Gasteiger partial charge in [-0.2, -0.15) is 4.57 Å². The number of nitrogens with one attached hydrogen (secondary N) is 1. The first kappa shape index (κ1) is 55.0. The quantitative estimate of drug-likeness (QED) is 0.0383. The van der Waals surface area contributed by atoms with E-state index in [0.29, 0.717) is 44.6 Å². The molecule has 1 radical (unpaired) electrons. The molecule has 1 aliphatic rings. The van der Waals surface area contributed by atoms with E-state index >= 15 is 0 Å². The molecule has 5 aromatic rings. The second kappa shape index (κ2) is 26.9. The smallest absolute Gasteiger partial charge is 0.480 e. The molecule has 2 heterocycles. The number of carboxylic acids is 3. The molecule has 0 bridgehead atoms. The average molecular weight is 1090 g/mol. The van der Waals surface area contributed by atoms with Crippen molar-refractivity contribution in [3.63, 3.8) is 0 Å². The predicted molar refractivity (Wildman–Crippen MR) is 258 cm³/mol. The van der Waals surface area contributed by atoms with Crippen LogP contribution in [-0.4, -0.2) is 186 Å². The molecule has 1 atom stereocenters. The summed E-state index contributed by atoms with van der Waals surface area (Å²) < 4.78 is 1.92. The van der Waals surface area contributed by atoms with Crippen LogP contribution in [0.3, 0.4) is 0 Å². The van der Waals surface area contributed by atoms with Gasteiger partial charge in [-0.3, -0.25) is 43.6 Å². The summed E-state index contributed by atoms with van der Waals surface area (Å²) in [6, 6.07) is 30.5. The molecule has 0 saturated carbocycles. The molecular formula is C49H62BEuN8O10+. The van der Waals surface area contributed by atoms with E-state index in [1.54, 1.807) is 38.8 Å². The number of carbonyl (C=O) groups excluding carboxylic acids is 2. The summed E-state index contributed by atoms with van der Waals surface area (Å²) in [5, 5.41) is 55.0. The van der Waals surface area contributed by atoms with E-state index in [4.69, 9.17) is 0 Å². The standard InChI is InChI=1S/C49H61BN8O10.Eu/c1-52(46(60)32-54-20-22-55(33-47(61)62)24-26-57(35-49(65)66)27-25-56(23-21-54)34-48(63)64)29-36-16-17-44-41(28-36)39-13-7-6-10-37(39)30-58(44)31-45(59)51-19-18-43(53(2)38-11-4-3-5-12-38)40-14-8-9-15-42(40)50(67)68;/h3-17,28,30,43,67-68H,18-27,29,31-35H2,1-2H3,(H3-,51,59,61,62,63,64,65,66);/p+1. The largest absolute Gasteiger partial charge is 0.488 e. The molecule has 0 aliphatic carbocycles. The van der Waals surface area contributed by atoms with Crippen LogP contribution in [0.25, 0.3) is 21.7 Å². The minimum atomic E-state index is -1.66. The van der Waals surface area contributed by atoms with Crippen LogP contribution in [0.15, 0.2) is 103 Å². The van der Waals surface area contributed by atoms with Crippen LogP contribution in [0.2, 0.25) is 0 Å². The number of anilines is 1. The van der Waals surface area contributed by atoms with E-state index in [1.165, 1.54) is 0 Å². The third-order valence-electron chi connectivity index (χ3n) is 12.4. The van der Waals surface area contributed by atoms with Crippen LogP contribution < -0.4 is 20.2 Å². The van der Waals surface area contributed by atoms with E-state index in [2.05, 4.69) is 10.2 Å². The van der Waals surface area contributed by atoms with Crippen LogP contribution in [0, 0.1) is 49.4 Å². The Kier molecular flexibility index (Phi) is 21.5. The predicted octanol–water partition coefficient (Wildman–Crippen LogP) is 0.778. The van der Waals surface area contributed by atoms with Gasteiger partial charge in [0.15, 0.2) is 6.20 Å². The minimum Gasteiger partial charge on any atom is -0.480 e. The molecule has 1 saturated heterocycles. The number of hydrogen-bond acceptors (Lipinski definition) is 12. The van der Waals surface area contributed by atoms with E-state index in [-0.39, 0.29) is 133 Å². The van der Waals surface area contributed by atoms with Crippen molar-refractivity contribution >= 4 is 69.7 Å². The third kappa shape index (κ3) is 16.3. The Labute approximate surface area is 443 Å². The van der Waals surface area contributed by atoms with Gasteiger partial charge in [-0.1, -0.05) is 66.7 Å². The molecule has 1 aromatic heterocycles. The van der Waals surface area contributed by atoms with Crippen LogP contribution >= 0.6 is 0 Å². The van der Waals surface area contributed by atoms with Crippen LogP contribution in [0.4, 0.5) is 5.69 Å². The van der Waals surface area contributed by atoms with Crippen molar-refractivity contribution in [1.82, 2.24) is 29.8 Å². The number of nitrogens with zero attached hydrogens (tertiary/aromatic N) is 7. The molecule has 1 aliphatic heterocycles. The van der Waals surface area contributed by atoms with Crippen molar-refractivity contribution in [1.29, 1.82) is 0 Å². The number of likely N-dealkylation sites (N-methyl/N-ethyl adjacent to an activating group) is 1. The third-order valence-corrected chi connectivity index (χ3v) is 12.4. The van der Waals surface area contributed by atoms with Crippen molar-refractivity contribution < 1.29 is 103 Å². The van der Waals surface area contributed by atoms with Crippen molar-refractivity contribution in [2.45, 2.75) is 25.6 Å². The zero-order valence-corrected chi connectivity index (χ0v) is 41.5. The number of carbonyl (C=O) groups is 5. The topological polar surface area (TPSA) is 222 Å². The normalized spacial score (nSPS) is 15.0. The summed E-state index contributed by atoms with van der Waals surface area (Å²) >= 11 is 0. The molecule has 4 aromatic carbocycles. The second-order valence-electron chi connectivity index (χ2n) is 17.3. The summed E-state index contributed by atoms with van der Waals surface area (Å²) in [6.45, 7) is 2.25. The van der Waals surface area contributed by atoms with Gasteiger partial charge in [0.25, 0.3) is 5.91 Å². The number of fused-ring (bicyclic) bond motifs is 3. The Hall–Kier alpha value is -4.89. The number of aliphatic carboxylic acids is 3. The van der Waals surface area contributed by atoms with Gasteiger partial charge in [0.2, 0.25) is 18.0 Å². The Morgan fingerprint density at radius 1 is 0.667 bits per heavy atom. The molecule has 6 rings (SSSR count). The number of para-hydroxylation sites is 1. The Morgan fingerprint density at radius 3 is 1.75 bits per heavy atom. The second-order valence-corrected chi connectivity index (χ2v) is 17.3. The maximum atomic E-state index is 13.9. The molecular weight excluding hydrogens is 1020 g/mol. The first-order chi connectivity index (χ1) is 32.6. The monoisotopic (exact) mass is 1090 g/mol. The fourth-order valence-corrected chi connectivity index (χ4v) is 8.84. The number of amides is 2. The van der Waals surface area contributed by atoms with E-state index in [0.717, 1.165) is 38.5 Å². The summed E-state index contributed by atoms with van der Waals surface area (Å²) in [5.41, 5.74) is 3.78. The van der Waals surface area contributed by atoms with Gasteiger partial charge in [0, 0.05) is 151 Å². The van der Waals surface area contributed by atoms with Crippen LogP contribution in [0.1, 0.15) is 23.6 Å². The summed E-state index contributed by atoms with van der Waals surface area (Å²) in [6.07, 6.45) is 2.44. The molecule has 6 N–H and O–H groups in total. The molecule has 69 heavy (non-hydrogen) atoms. The van der Waals surface area contributed by atoms with Crippen LogP contribution in [0.5, 0.6) is 0 Å². The number of aromatic nitrogens is 1. The maximum absolute atomic E-state index is 13.9. The number of benzene rings is 4. The van der Waals surface area contributed by atoms with Gasteiger partial charge in [0.05, 0.1) is 37.6 Å². The number of pyridine rings is 1. The summed E-state index contributed by atoms with van der Waals surface area (Å²) in [4.78, 5) is 73.4. The summed E-state index contributed by atoms with van der Waals surface area (Å²) in [5.74, 6) is -3.46. The molecule has 367 valence electrons. The molecule has 1 unspecified atom stereocenters. The fraction of sp³-hybridized carbons (Fsp3) is 0.388. The van der Waals surface area contributed by atoms with Crippen molar-refractivity contribution in [2.75, 3.05) is 104 Å². The first-order valence-electron chi connectivity index (χ1n) is 22.8. The van der Waals surface area contributed by atoms with E-state index < -0.39 is 25.0 Å². The Balaban J connectivity index is 0.00000888. The molecule has 20 heteroatoms. The summed E-state index contributed by atoms with van der Waals surface area (Å²) in [7, 11) is 2.00. The molecule has 1 fully saturated rings. The number of hydrogen-bond donors (Lipinski definition) is 6. The molecule has 18 nitrogen and oxygen atoms in total. The Bertz CT molecular complexity index is 2510. The minimum absolute atomic E-state index is 0. The first-order valence-corrected chi connectivity index (χ1v) is 22.8. The van der Waals surface area contributed by atoms with Crippen molar-refractivity contribution in [2.24, 2.45) is 0 Å². The number of rotatable bonds is 19. The van der Waals surface area contributed by atoms with Crippen molar-refractivity contribution in [3.05, 3.63) is 114 Å². The zero-order chi connectivity index (χ0) is 48.7. The zero-order valence-electron chi connectivity index (χ0n) is 39.1. The van der Waals surface area contributed by atoms with Gasteiger partial charge in [-0.15, -0.1) is 0 Å². The van der Waals surface area contributed by atoms with Crippen molar-refractivity contribution in [3.8, 4) is 0 Å². The van der Waals surface area contributed by atoms with Gasteiger partial charge in [-0.25, -0.2) is 0 Å². The van der Waals surface area contributed by atoms with E-state index in [1.807, 2.05) is 108 Å². The fourth-order valence-electron chi connectivity index (χ4n) is 8.84. The maximum Gasteiger partial charge on any atom is 0.488 e. The number of carboxylic acid groups (broad SMARTS) is 3. The molecule has 2 amide bonds. The van der Waals surface area contributed by atoms with Crippen LogP contribution in [-0.2, 0) is 37.1 Å². The van der Waals surface area contributed by atoms with Gasteiger partial charge in [-0.05, 0) is 47.3 Å². The SMILES string of the molecule is CN(Cc1ccc2c(c1)c1ccccc1c[n+]2CC(=O)NCCC(c1ccccc1B(O)O)N(C)c1ccccc1)C(=O)CN1CCN(CC(=O)O)CCN(CC(=O)O)CCN(CC(=O)O)CC1.[Eu].